The van der Waals surface area contributed by atoms with Crippen molar-refractivity contribution >= 4 is 26.8 Å². The van der Waals surface area contributed by atoms with E-state index in [0.717, 1.165) is 24.5 Å². The van der Waals surface area contributed by atoms with Crippen molar-refractivity contribution in [2.24, 2.45) is 5.92 Å². The second kappa shape index (κ2) is 9.77. The van der Waals surface area contributed by atoms with E-state index in [0.29, 0.717) is 23.1 Å². The summed E-state index contributed by atoms with van der Waals surface area (Å²) in [5, 5.41) is 0. The topological polar surface area (TPSA) is 74.3 Å². The second-order valence-corrected chi connectivity index (χ2v) is 8.81. The largest absolute Gasteiger partial charge is 0.748 e. The van der Waals surface area contributed by atoms with E-state index in [1.165, 1.54) is 17.9 Å². The van der Waals surface area contributed by atoms with E-state index in [1.54, 1.807) is 0 Å². The third-order valence-electron chi connectivity index (χ3n) is 2.93. The van der Waals surface area contributed by atoms with Crippen molar-refractivity contribution in [3.63, 3.8) is 0 Å². The Bertz CT molecular complexity index is 352. The summed E-state index contributed by atoms with van der Waals surface area (Å²) in [6.45, 7) is 6.10. The summed E-state index contributed by atoms with van der Waals surface area (Å²) in [5.74, 6) is 4.62. The Balaban J connectivity index is 0.000000362. The van der Waals surface area contributed by atoms with Gasteiger partial charge in [-0.15, -0.1) is 0 Å². The number of unbranched alkanes of at least 4 members (excludes halogenated alkanes) is 1. The van der Waals surface area contributed by atoms with Crippen molar-refractivity contribution in [3.05, 3.63) is 0 Å². The van der Waals surface area contributed by atoms with Gasteiger partial charge >= 0.3 is 0 Å². The monoisotopic (exact) mass is 310 g/mol. The lowest BCUT2D eigenvalue weighted by Crippen LogP contribution is -2.17. The number of carbonyl (C=O) groups is 1. The van der Waals surface area contributed by atoms with Gasteiger partial charge in [0.15, 0.2) is 11.5 Å². The molecule has 0 aliphatic carbocycles. The van der Waals surface area contributed by atoms with Gasteiger partial charge in [0, 0.05) is 18.1 Å². The van der Waals surface area contributed by atoms with Crippen LogP contribution in [0, 0.1) is 5.92 Å². The standard InChI is InChI=1S/C9H17OS.C4H10O3S/c1-3-9(10)7-11-5-4-8(2)6-11;1-2-3-4-8(5,6)7/h8H,3-7H2,1-2H3;2-4H2,1H3,(H,5,6,7)/q+1;/p-1. The van der Waals surface area contributed by atoms with Gasteiger partial charge in [-0.05, 0) is 23.7 Å². The molecule has 19 heavy (non-hydrogen) atoms. The first-order valence-corrected chi connectivity index (χ1v) is 10.2. The Kier molecular flexibility index (Phi) is 9.74. The molecule has 1 heterocycles. The zero-order valence-electron chi connectivity index (χ0n) is 12.2. The van der Waals surface area contributed by atoms with Crippen LogP contribution >= 0.6 is 0 Å². The summed E-state index contributed by atoms with van der Waals surface area (Å²) in [4.78, 5) is 11.1. The molecule has 1 fully saturated rings. The van der Waals surface area contributed by atoms with E-state index >= 15 is 0 Å². The molecule has 0 amide bonds. The molecular formula is C13H26O4S2. The third kappa shape index (κ3) is 11.5. The van der Waals surface area contributed by atoms with Gasteiger partial charge < -0.3 is 4.55 Å². The van der Waals surface area contributed by atoms with Crippen LogP contribution in [0.3, 0.4) is 0 Å². The Morgan fingerprint density at radius 1 is 1.37 bits per heavy atom. The fourth-order valence-corrected chi connectivity index (χ4v) is 5.16. The Labute approximate surface area is 120 Å². The average molecular weight is 310 g/mol. The molecule has 0 spiro atoms. The molecule has 4 nitrogen and oxygen atoms in total. The van der Waals surface area contributed by atoms with Crippen molar-refractivity contribution in [1.82, 2.24) is 0 Å². The second-order valence-electron chi connectivity index (χ2n) is 5.03. The normalized spacial score (nSPS) is 22.7. The van der Waals surface area contributed by atoms with Crippen LogP contribution in [0.4, 0.5) is 0 Å². The molecule has 2 unspecified atom stereocenters. The lowest BCUT2D eigenvalue weighted by molar-refractivity contribution is -0.116. The maximum atomic E-state index is 11.1. The minimum atomic E-state index is -3.94. The number of hydrogen-bond acceptors (Lipinski definition) is 4. The lowest BCUT2D eigenvalue weighted by atomic mass is 10.2. The average Bonchev–Trinajstić information content (AvgIpc) is 2.72. The molecule has 0 radical (unpaired) electrons. The van der Waals surface area contributed by atoms with E-state index in [9.17, 15) is 17.8 Å². The van der Waals surface area contributed by atoms with Crippen LogP contribution in [0.1, 0.15) is 46.5 Å². The van der Waals surface area contributed by atoms with E-state index in [1.807, 2.05) is 13.8 Å². The van der Waals surface area contributed by atoms with Crippen LogP contribution in [0.2, 0.25) is 0 Å². The number of hydrogen-bond donors (Lipinski definition) is 0. The summed E-state index contributed by atoms with van der Waals surface area (Å²) < 4.78 is 29.5. The van der Waals surface area contributed by atoms with Gasteiger partial charge in [-0.1, -0.05) is 27.2 Å². The Morgan fingerprint density at radius 2 is 2.00 bits per heavy atom. The van der Waals surface area contributed by atoms with E-state index < -0.39 is 10.1 Å². The molecule has 1 aliphatic heterocycles. The molecule has 1 aliphatic rings. The highest BCUT2D eigenvalue weighted by atomic mass is 32.2. The summed E-state index contributed by atoms with van der Waals surface area (Å²) in [7, 11) is -3.47. The molecular weight excluding hydrogens is 284 g/mol. The molecule has 1 rings (SSSR count). The highest BCUT2D eigenvalue weighted by Gasteiger charge is 2.30. The molecule has 0 saturated carbocycles. The maximum Gasteiger partial charge on any atom is 0.181 e. The molecule has 114 valence electrons. The molecule has 1 saturated heterocycles. The summed E-state index contributed by atoms with van der Waals surface area (Å²) in [6.07, 6.45) is 3.31. The first-order chi connectivity index (χ1) is 8.78. The van der Waals surface area contributed by atoms with Crippen molar-refractivity contribution in [3.8, 4) is 0 Å². The molecule has 6 heteroatoms. The fraction of sp³-hybridized carbons (Fsp3) is 0.923. The van der Waals surface area contributed by atoms with Crippen LogP contribution in [0.25, 0.3) is 0 Å². The SMILES string of the molecule is CCC(=O)C[S+]1CCC(C)C1.CCCCS(=O)(=O)[O-]. The molecule has 0 N–H and O–H groups in total. The third-order valence-corrected chi connectivity index (χ3v) is 6.30. The van der Waals surface area contributed by atoms with Crippen molar-refractivity contribution in [2.75, 3.05) is 23.0 Å². The van der Waals surface area contributed by atoms with Gasteiger partial charge in [0.25, 0.3) is 0 Å². The van der Waals surface area contributed by atoms with Crippen LogP contribution in [0.15, 0.2) is 0 Å². The summed E-state index contributed by atoms with van der Waals surface area (Å²) in [6, 6.07) is 0. The first-order valence-electron chi connectivity index (χ1n) is 6.87. The summed E-state index contributed by atoms with van der Waals surface area (Å²) in [5.41, 5.74) is 0. The van der Waals surface area contributed by atoms with Crippen LogP contribution in [0.5, 0.6) is 0 Å². The van der Waals surface area contributed by atoms with Gasteiger partial charge in [0.2, 0.25) is 0 Å². The van der Waals surface area contributed by atoms with Crippen LogP contribution in [-0.2, 0) is 25.8 Å². The molecule has 0 bridgehead atoms. The van der Waals surface area contributed by atoms with Crippen LogP contribution in [-0.4, -0.2) is 41.8 Å². The fourth-order valence-electron chi connectivity index (χ4n) is 1.72. The van der Waals surface area contributed by atoms with Crippen molar-refractivity contribution in [2.45, 2.75) is 46.5 Å². The molecule has 0 aromatic heterocycles. The smallest absolute Gasteiger partial charge is 0.181 e. The quantitative estimate of drug-likeness (QED) is 0.555. The van der Waals surface area contributed by atoms with E-state index in [4.69, 9.17) is 0 Å². The lowest BCUT2D eigenvalue weighted by Gasteiger charge is -2.02. The van der Waals surface area contributed by atoms with Gasteiger partial charge in [0.05, 0.1) is 10.1 Å². The zero-order valence-corrected chi connectivity index (χ0v) is 13.8. The first kappa shape index (κ1) is 18.9. The van der Waals surface area contributed by atoms with Gasteiger partial charge in [-0.25, -0.2) is 8.42 Å². The van der Waals surface area contributed by atoms with Gasteiger partial charge in [0.1, 0.15) is 11.5 Å². The minimum Gasteiger partial charge on any atom is -0.748 e. The predicted molar refractivity (Wildman–Crippen MR) is 80.5 cm³/mol. The zero-order chi connectivity index (χ0) is 14.9. The van der Waals surface area contributed by atoms with E-state index in [-0.39, 0.29) is 5.75 Å². The van der Waals surface area contributed by atoms with Crippen molar-refractivity contribution in [1.29, 1.82) is 0 Å². The highest BCUT2D eigenvalue weighted by molar-refractivity contribution is 7.97. The molecule has 0 aromatic carbocycles. The number of carbonyl (C=O) groups excluding carboxylic acids is 1. The molecule has 2 atom stereocenters. The highest BCUT2D eigenvalue weighted by Crippen LogP contribution is 2.19. The number of ketones is 1. The van der Waals surface area contributed by atoms with Crippen molar-refractivity contribution < 1.29 is 17.8 Å². The predicted octanol–water partition coefficient (Wildman–Crippen LogP) is 1.96. The molecule has 0 aromatic rings. The maximum absolute atomic E-state index is 11.1. The van der Waals surface area contributed by atoms with E-state index in [2.05, 4.69) is 6.92 Å². The van der Waals surface area contributed by atoms with Crippen LogP contribution < -0.4 is 0 Å². The number of Topliss-reactive ketones (excluding diaryl/α,β-unsaturated/α-hetero) is 1. The minimum absolute atomic E-state index is 0.219. The Hall–Kier alpha value is -0.0700. The van der Waals surface area contributed by atoms with Gasteiger partial charge in [-0.2, -0.15) is 0 Å². The van der Waals surface area contributed by atoms with Gasteiger partial charge in [-0.3, -0.25) is 4.79 Å². The number of rotatable bonds is 6. The Morgan fingerprint density at radius 3 is 2.32 bits per heavy atom. The summed E-state index contributed by atoms with van der Waals surface area (Å²) >= 11 is 0.